The second-order valence-electron chi connectivity index (χ2n) is 4.72. The number of rotatable bonds is 5. The van der Waals surface area contributed by atoms with Crippen LogP contribution in [0.25, 0.3) is 0 Å². The molecule has 1 aromatic heterocycles. The standard InChI is InChI=1S/C12H18N4O2/c13-12-10(16(17)18)5-6-11(15-12)14-8-7-9-3-1-2-4-9/h5-6,9H,1-4,7-8H2,(H3,13,14,15). The van der Waals surface area contributed by atoms with Crippen molar-refractivity contribution in [1.29, 1.82) is 0 Å². The average molecular weight is 250 g/mol. The Labute approximate surface area is 106 Å². The van der Waals surface area contributed by atoms with Crippen molar-refractivity contribution in [3.63, 3.8) is 0 Å². The zero-order valence-corrected chi connectivity index (χ0v) is 10.3. The lowest BCUT2D eigenvalue weighted by molar-refractivity contribution is -0.384. The Morgan fingerprint density at radius 1 is 1.44 bits per heavy atom. The molecule has 0 unspecified atom stereocenters. The lowest BCUT2D eigenvalue weighted by atomic mass is 10.0. The lowest BCUT2D eigenvalue weighted by Crippen LogP contribution is -2.09. The molecule has 1 heterocycles. The summed E-state index contributed by atoms with van der Waals surface area (Å²) in [6.45, 7) is 0.842. The van der Waals surface area contributed by atoms with Crippen LogP contribution in [0.5, 0.6) is 0 Å². The molecule has 0 bridgehead atoms. The van der Waals surface area contributed by atoms with Crippen LogP contribution in [0.2, 0.25) is 0 Å². The maximum absolute atomic E-state index is 10.6. The maximum atomic E-state index is 10.6. The first-order valence-electron chi connectivity index (χ1n) is 6.31. The number of hydrogen-bond acceptors (Lipinski definition) is 5. The molecule has 0 radical (unpaired) electrons. The molecule has 1 aromatic rings. The van der Waals surface area contributed by atoms with Crippen molar-refractivity contribution >= 4 is 17.3 Å². The van der Waals surface area contributed by atoms with Crippen LogP contribution in [0.4, 0.5) is 17.3 Å². The van der Waals surface area contributed by atoms with Gasteiger partial charge in [-0.3, -0.25) is 10.1 Å². The van der Waals surface area contributed by atoms with E-state index < -0.39 is 4.92 Å². The van der Waals surface area contributed by atoms with Gasteiger partial charge in [-0.2, -0.15) is 0 Å². The normalized spacial score (nSPS) is 15.8. The highest BCUT2D eigenvalue weighted by atomic mass is 16.6. The highest BCUT2D eigenvalue weighted by Gasteiger charge is 2.15. The van der Waals surface area contributed by atoms with Crippen molar-refractivity contribution in [1.82, 2.24) is 4.98 Å². The van der Waals surface area contributed by atoms with Crippen LogP contribution < -0.4 is 11.1 Å². The number of nitrogens with two attached hydrogens (primary N) is 1. The van der Waals surface area contributed by atoms with Crippen molar-refractivity contribution < 1.29 is 4.92 Å². The number of nitrogen functional groups attached to an aromatic ring is 1. The van der Waals surface area contributed by atoms with Crippen molar-refractivity contribution in [2.45, 2.75) is 32.1 Å². The van der Waals surface area contributed by atoms with Gasteiger partial charge in [0, 0.05) is 12.6 Å². The van der Waals surface area contributed by atoms with E-state index in [-0.39, 0.29) is 11.5 Å². The molecule has 6 nitrogen and oxygen atoms in total. The molecule has 1 fully saturated rings. The summed E-state index contributed by atoms with van der Waals surface area (Å²) in [7, 11) is 0. The highest BCUT2D eigenvalue weighted by Crippen LogP contribution is 2.27. The second-order valence-corrected chi connectivity index (χ2v) is 4.72. The molecule has 1 aliphatic carbocycles. The Balaban J connectivity index is 1.85. The van der Waals surface area contributed by atoms with Crippen LogP contribution in [0.15, 0.2) is 12.1 Å². The van der Waals surface area contributed by atoms with Crippen LogP contribution in [-0.2, 0) is 0 Å². The summed E-state index contributed by atoms with van der Waals surface area (Å²) >= 11 is 0. The van der Waals surface area contributed by atoms with E-state index in [2.05, 4.69) is 10.3 Å². The molecule has 18 heavy (non-hydrogen) atoms. The van der Waals surface area contributed by atoms with E-state index in [1.807, 2.05) is 0 Å². The first-order chi connectivity index (χ1) is 8.66. The molecule has 0 aliphatic heterocycles. The van der Waals surface area contributed by atoms with Crippen molar-refractivity contribution in [2.24, 2.45) is 5.92 Å². The van der Waals surface area contributed by atoms with Gasteiger partial charge in [0.05, 0.1) is 4.92 Å². The summed E-state index contributed by atoms with van der Waals surface area (Å²) in [5.74, 6) is 1.38. The molecular weight excluding hydrogens is 232 g/mol. The van der Waals surface area contributed by atoms with Crippen LogP contribution >= 0.6 is 0 Å². The Bertz CT molecular complexity index is 430. The van der Waals surface area contributed by atoms with Gasteiger partial charge in [0.25, 0.3) is 0 Å². The topological polar surface area (TPSA) is 94.1 Å². The van der Waals surface area contributed by atoms with E-state index in [4.69, 9.17) is 5.73 Å². The zero-order valence-electron chi connectivity index (χ0n) is 10.3. The number of nitro groups is 1. The second kappa shape index (κ2) is 5.66. The smallest absolute Gasteiger partial charge is 0.311 e. The van der Waals surface area contributed by atoms with Gasteiger partial charge in [-0.05, 0) is 18.4 Å². The molecule has 1 saturated carbocycles. The van der Waals surface area contributed by atoms with Crippen molar-refractivity contribution in [3.8, 4) is 0 Å². The molecule has 0 aromatic carbocycles. The van der Waals surface area contributed by atoms with E-state index >= 15 is 0 Å². The van der Waals surface area contributed by atoms with Gasteiger partial charge >= 0.3 is 5.69 Å². The van der Waals surface area contributed by atoms with Crippen molar-refractivity contribution in [3.05, 3.63) is 22.2 Å². The summed E-state index contributed by atoms with van der Waals surface area (Å²) in [4.78, 5) is 14.0. The van der Waals surface area contributed by atoms with Crippen LogP contribution in [0.3, 0.4) is 0 Å². The first-order valence-corrected chi connectivity index (χ1v) is 6.31. The van der Waals surface area contributed by atoms with Gasteiger partial charge in [0.2, 0.25) is 5.82 Å². The number of hydrogen-bond donors (Lipinski definition) is 2. The molecule has 1 aliphatic rings. The fourth-order valence-corrected chi connectivity index (χ4v) is 2.42. The molecule has 6 heteroatoms. The van der Waals surface area contributed by atoms with Crippen molar-refractivity contribution in [2.75, 3.05) is 17.6 Å². The summed E-state index contributed by atoms with van der Waals surface area (Å²) in [6, 6.07) is 2.99. The largest absolute Gasteiger partial charge is 0.378 e. The predicted molar refractivity (Wildman–Crippen MR) is 70.4 cm³/mol. The maximum Gasteiger partial charge on any atom is 0.311 e. The quantitative estimate of drug-likeness (QED) is 0.618. The molecule has 0 amide bonds. The van der Waals surface area contributed by atoms with Gasteiger partial charge in [0.1, 0.15) is 5.82 Å². The van der Waals surface area contributed by atoms with E-state index in [9.17, 15) is 10.1 Å². The highest BCUT2D eigenvalue weighted by molar-refractivity contribution is 5.57. The van der Waals surface area contributed by atoms with Crippen LogP contribution in [-0.4, -0.2) is 16.5 Å². The fourth-order valence-electron chi connectivity index (χ4n) is 2.42. The third-order valence-electron chi connectivity index (χ3n) is 3.43. The summed E-state index contributed by atoms with van der Waals surface area (Å²) in [5, 5.41) is 13.8. The third-order valence-corrected chi connectivity index (χ3v) is 3.43. The average Bonchev–Trinajstić information content (AvgIpc) is 2.81. The summed E-state index contributed by atoms with van der Waals surface area (Å²) in [5.41, 5.74) is 5.38. The van der Waals surface area contributed by atoms with Crippen LogP contribution in [0, 0.1) is 16.0 Å². The van der Waals surface area contributed by atoms with Gasteiger partial charge in [-0.1, -0.05) is 25.7 Å². The Kier molecular flexibility index (Phi) is 3.96. The monoisotopic (exact) mass is 250 g/mol. The summed E-state index contributed by atoms with van der Waals surface area (Å²) in [6.07, 6.45) is 6.44. The van der Waals surface area contributed by atoms with E-state index in [1.54, 1.807) is 6.07 Å². The van der Waals surface area contributed by atoms with Gasteiger partial charge in [-0.25, -0.2) is 4.98 Å². The van der Waals surface area contributed by atoms with Gasteiger partial charge in [-0.15, -0.1) is 0 Å². The Morgan fingerprint density at radius 3 is 2.78 bits per heavy atom. The van der Waals surface area contributed by atoms with E-state index in [0.717, 1.165) is 18.9 Å². The van der Waals surface area contributed by atoms with E-state index in [0.29, 0.717) is 5.82 Å². The molecule has 0 spiro atoms. The SMILES string of the molecule is Nc1nc(NCCC2CCCC2)ccc1[N+](=O)[O-]. The molecule has 3 N–H and O–H groups in total. The number of nitrogens with zero attached hydrogens (tertiary/aromatic N) is 2. The molecule has 0 atom stereocenters. The fraction of sp³-hybridized carbons (Fsp3) is 0.583. The predicted octanol–water partition coefficient (Wildman–Crippen LogP) is 2.56. The minimum Gasteiger partial charge on any atom is -0.378 e. The molecule has 2 rings (SSSR count). The Morgan fingerprint density at radius 2 is 2.17 bits per heavy atom. The minimum atomic E-state index is -0.523. The lowest BCUT2D eigenvalue weighted by Gasteiger charge is -2.10. The number of nitrogens with one attached hydrogen (secondary N) is 1. The first kappa shape index (κ1) is 12.6. The molecule has 0 saturated heterocycles. The number of anilines is 2. The third kappa shape index (κ3) is 3.09. The molecule has 98 valence electrons. The number of aromatic nitrogens is 1. The number of pyridine rings is 1. The van der Waals surface area contributed by atoms with Gasteiger partial charge in [0.15, 0.2) is 0 Å². The molecular formula is C12H18N4O2. The van der Waals surface area contributed by atoms with E-state index in [1.165, 1.54) is 31.7 Å². The van der Waals surface area contributed by atoms with Gasteiger partial charge < -0.3 is 11.1 Å². The van der Waals surface area contributed by atoms with Crippen LogP contribution in [0.1, 0.15) is 32.1 Å². The zero-order chi connectivity index (χ0) is 13.0. The Hall–Kier alpha value is -1.85. The summed E-state index contributed by atoms with van der Waals surface area (Å²) < 4.78 is 0. The minimum absolute atomic E-state index is 0.0362.